The van der Waals surface area contributed by atoms with E-state index >= 15 is 0 Å². The average Bonchev–Trinajstić information content (AvgIpc) is 2.83. The summed E-state index contributed by atoms with van der Waals surface area (Å²) in [7, 11) is -3.77. The number of nitrogens with two attached hydrogens (primary N) is 1. The number of rotatable bonds is 4. The first-order valence-corrected chi connectivity index (χ1v) is 7.80. The second-order valence-electron chi connectivity index (χ2n) is 3.96. The Balaban J connectivity index is 2.36. The topological polar surface area (TPSA) is 72.2 Å². The first kappa shape index (κ1) is 14.0. The van der Waals surface area contributed by atoms with Gasteiger partial charge in [-0.05, 0) is 30.7 Å². The summed E-state index contributed by atoms with van der Waals surface area (Å²) in [6.45, 7) is 1.92. The van der Waals surface area contributed by atoms with E-state index in [1.54, 1.807) is 19.1 Å². The highest BCUT2D eigenvalue weighted by Crippen LogP contribution is 2.26. The zero-order valence-corrected chi connectivity index (χ0v) is 11.8. The van der Waals surface area contributed by atoms with Gasteiger partial charge in [-0.1, -0.05) is 12.1 Å². The van der Waals surface area contributed by atoms with Gasteiger partial charge in [-0.2, -0.15) is 0 Å². The molecule has 0 spiro atoms. The quantitative estimate of drug-likeness (QED) is 0.911. The molecule has 0 radical (unpaired) electrons. The van der Waals surface area contributed by atoms with E-state index in [2.05, 4.69) is 4.72 Å². The molecule has 7 heteroatoms. The van der Waals surface area contributed by atoms with Crippen LogP contribution in [0.1, 0.15) is 10.4 Å². The molecule has 1 heterocycles. The third-order valence-electron chi connectivity index (χ3n) is 2.56. The molecule has 102 valence electrons. The molecule has 19 heavy (non-hydrogen) atoms. The van der Waals surface area contributed by atoms with E-state index in [1.165, 1.54) is 18.2 Å². The zero-order valence-electron chi connectivity index (χ0n) is 10.2. The molecular weight excluding hydrogens is 287 g/mol. The van der Waals surface area contributed by atoms with Crippen LogP contribution in [0.5, 0.6) is 0 Å². The number of para-hydroxylation sites is 1. The van der Waals surface area contributed by atoms with Crippen molar-refractivity contribution in [3.05, 3.63) is 46.6 Å². The van der Waals surface area contributed by atoms with Gasteiger partial charge in [0.25, 0.3) is 10.0 Å². The second kappa shape index (κ2) is 5.28. The highest BCUT2D eigenvalue weighted by molar-refractivity contribution is 7.94. The number of thiophene rings is 1. The zero-order chi connectivity index (χ0) is 14.0. The largest absolute Gasteiger partial charge is 0.326 e. The summed E-state index contributed by atoms with van der Waals surface area (Å²) < 4.78 is 40.3. The summed E-state index contributed by atoms with van der Waals surface area (Å²) in [5, 5.41) is 0. The van der Waals surface area contributed by atoms with E-state index in [0.29, 0.717) is 5.56 Å². The molecule has 0 bridgehead atoms. The van der Waals surface area contributed by atoms with Crippen molar-refractivity contribution < 1.29 is 12.8 Å². The fourth-order valence-corrected chi connectivity index (χ4v) is 3.93. The van der Waals surface area contributed by atoms with Crippen LogP contribution in [0.15, 0.2) is 34.5 Å². The molecule has 4 nitrogen and oxygen atoms in total. The van der Waals surface area contributed by atoms with Crippen LogP contribution in [0.2, 0.25) is 0 Å². The van der Waals surface area contributed by atoms with Crippen molar-refractivity contribution >= 4 is 27.0 Å². The Morgan fingerprint density at radius 2 is 2.05 bits per heavy atom. The lowest BCUT2D eigenvalue weighted by Gasteiger charge is -2.09. The van der Waals surface area contributed by atoms with Crippen molar-refractivity contribution in [2.45, 2.75) is 17.7 Å². The van der Waals surface area contributed by atoms with Crippen molar-refractivity contribution in [2.24, 2.45) is 5.73 Å². The smallest absolute Gasteiger partial charge is 0.271 e. The van der Waals surface area contributed by atoms with Crippen molar-refractivity contribution in [2.75, 3.05) is 4.72 Å². The molecule has 0 aliphatic carbocycles. The molecule has 2 aromatic rings. The van der Waals surface area contributed by atoms with E-state index in [4.69, 9.17) is 5.73 Å². The molecule has 0 saturated carbocycles. The maximum Gasteiger partial charge on any atom is 0.271 e. The summed E-state index contributed by atoms with van der Waals surface area (Å²) in [4.78, 5) is 0.755. The Bertz CT molecular complexity index is 675. The lowest BCUT2D eigenvalue weighted by Crippen LogP contribution is -2.13. The van der Waals surface area contributed by atoms with Crippen LogP contribution >= 0.6 is 11.3 Å². The number of benzene rings is 1. The normalized spacial score (nSPS) is 11.5. The molecule has 0 unspecified atom stereocenters. The third kappa shape index (κ3) is 2.94. The fraction of sp³-hybridized carbons (Fsp3) is 0.167. The van der Waals surface area contributed by atoms with Gasteiger partial charge in [0.2, 0.25) is 0 Å². The average molecular weight is 300 g/mol. The minimum atomic E-state index is -3.77. The molecule has 3 N–H and O–H groups in total. The number of hydrogen-bond acceptors (Lipinski definition) is 4. The maximum atomic E-state index is 13.6. The van der Waals surface area contributed by atoms with E-state index in [1.807, 2.05) is 0 Å². The summed E-state index contributed by atoms with van der Waals surface area (Å²) in [5.74, 6) is -0.598. The third-order valence-corrected chi connectivity index (χ3v) is 5.51. The van der Waals surface area contributed by atoms with Gasteiger partial charge in [-0.15, -0.1) is 11.3 Å². The molecule has 0 amide bonds. The number of sulfonamides is 1. The lowest BCUT2D eigenvalue weighted by atomic mass is 10.2. The van der Waals surface area contributed by atoms with Crippen molar-refractivity contribution in [3.63, 3.8) is 0 Å². The molecule has 0 atom stereocenters. The van der Waals surface area contributed by atoms with Crippen LogP contribution in [0, 0.1) is 12.7 Å². The van der Waals surface area contributed by atoms with Gasteiger partial charge in [0.15, 0.2) is 0 Å². The van der Waals surface area contributed by atoms with Crippen LogP contribution in [0.4, 0.5) is 10.1 Å². The Morgan fingerprint density at radius 1 is 1.32 bits per heavy atom. The Labute approximate surface area is 115 Å². The predicted octanol–water partition coefficient (Wildman–Crippen LogP) is 2.46. The fourth-order valence-electron chi connectivity index (χ4n) is 1.56. The van der Waals surface area contributed by atoms with Gasteiger partial charge < -0.3 is 5.73 Å². The van der Waals surface area contributed by atoms with Gasteiger partial charge >= 0.3 is 0 Å². The standard InChI is InChI=1S/C12H13FN2O2S2/c1-8-3-2-4-10(13)12(8)15-19(16,17)11-6-5-9(7-14)18-11/h2-6,15H,7,14H2,1H3. The Morgan fingerprint density at radius 3 is 2.63 bits per heavy atom. The minimum Gasteiger partial charge on any atom is -0.326 e. The first-order valence-electron chi connectivity index (χ1n) is 5.51. The van der Waals surface area contributed by atoms with Crippen LogP contribution in [-0.4, -0.2) is 8.42 Å². The minimum absolute atomic E-state index is 0.0230. The molecular formula is C12H13FN2O2S2. The van der Waals surface area contributed by atoms with Gasteiger partial charge in [0.1, 0.15) is 10.0 Å². The number of anilines is 1. The van der Waals surface area contributed by atoms with E-state index in [0.717, 1.165) is 16.2 Å². The first-order chi connectivity index (χ1) is 8.94. The highest BCUT2D eigenvalue weighted by Gasteiger charge is 2.19. The van der Waals surface area contributed by atoms with Crippen LogP contribution in [0.3, 0.4) is 0 Å². The van der Waals surface area contributed by atoms with Crippen molar-refractivity contribution in [1.29, 1.82) is 0 Å². The van der Waals surface area contributed by atoms with E-state index in [9.17, 15) is 12.8 Å². The van der Waals surface area contributed by atoms with Gasteiger partial charge in [0.05, 0.1) is 5.69 Å². The Hall–Kier alpha value is -1.44. The van der Waals surface area contributed by atoms with Crippen LogP contribution in [0.25, 0.3) is 0 Å². The number of aryl methyl sites for hydroxylation is 1. The SMILES string of the molecule is Cc1cccc(F)c1NS(=O)(=O)c1ccc(CN)s1. The predicted molar refractivity (Wildman–Crippen MR) is 74.2 cm³/mol. The molecule has 0 fully saturated rings. The molecule has 0 aliphatic heterocycles. The van der Waals surface area contributed by atoms with Crippen LogP contribution < -0.4 is 10.5 Å². The Kier molecular flexibility index (Phi) is 3.88. The molecule has 1 aromatic carbocycles. The number of halogens is 1. The number of hydrogen-bond donors (Lipinski definition) is 2. The van der Waals surface area contributed by atoms with Gasteiger partial charge in [0, 0.05) is 11.4 Å². The van der Waals surface area contributed by atoms with E-state index in [-0.39, 0.29) is 16.4 Å². The highest BCUT2D eigenvalue weighted by atomic mass is 32.2. The molecule has 0 saturated heterocycles. The van der Waals surface area contributed by atoms with Gasteiger partial charge in [-0.25, -0.2) is 12.8 Å². The monoisotopic (exact) mass is 300 g/mol. The summed E-state index contributed by atoms with van der Waals surface area (Å²) in [6.07, 6.45) is 0. The molecule has 1 aromatic heterocycles. The summed E-state index contributed by atoms with van der Waals surface area (Å²) >= 11 is 1.07. The molecule has 2 rings (SSSR count). The lowest BCUT2D eigenvalue weighted by molar-refractivity contribution is 0.600. The summed E-state index contributed by atoms with van der Waals surface area (Å²) in [6, 6.07) is 7.49. The summed E-state index contributed by atoms with van der Waals surface area (Å²) in [5.41, 5.74) is 5.95. The van der Waals surface area contributed by atoms with Crippen molar-refractivity contribution in [1.82, 2.24) is 0 Å². The van der Waals surface area contributed by atoms with Gasteiger partial charge in [-0.3, -0.25) is 4.72 Å². The second-order valence-corrected chi connectivity index (χ2v) is 7.04. The van der Waals surface area contributed by atoms with Crippen LogP contribution in [-0.2, 0) is 16.6 Å². The van der Waals surface area contributed by atoms with Crippen molar-refractivity contribution in [3.8, 4) is 0 Å². The van der Waals surface area contributed by atoms with E-state index < -0.39 is 15.8 Å². The number of nitrogens with one attached hydrogen (secondary N) is 1. The molecule has 0 aliphatic rings. The maximum absolute atomic E-state index is 13.6.